The Kier molecular flexibility index (Phi) is 3.39. The molecule has 1 aliphatic rings. The van der Waals surface area contributed by atoms with Crippen LogP contribution in [0.2, 0.25) is 0 Å². The van der Waals surface area contributed by atoms with Crippen LogP contribution in [0.15, 0.2) is 48.7 Å². The normalized spacial score (nSPS) is 12.7. The third-order valence-electron chi connectivity index (χ3n) is 4.42. The number of aryl methyl sites for hydroxylation is 1. The number of benzene rings is 2. The summed E-state index contributed by atoms with van der Waals surface area (Å²) in [7, 11) is 0. The molecule has 1 aliphatic heterocycles. The number of aromatic amines is 1. The van der Waals surface area contributed by atoms with Crippen LogP contribution >= 0.6 is 0 Å². The summed E-state index contributed by atoms with van der Waals surface area (Å²) >= 11 is 0. The van der Waals surface area contributed by atoms with Gasteiger partial charge >= 0.3 is 5.78 Å². The van der Waals surface area contributed by atoms with Crippen molar-refractivity contribution in [3.8, 4) is 22.8 Å². The molecule has 5 nitrogen and oxygen atoms in total. The number of hydrogen-bond acceptors (Lipinski definition) is 2. The Morgan fingerprint density at radius 1 is 1.12 bits per heavy atom. The number of para-hydroxylation sites is 2. The first-order valence-corrected chi connectivity index (χ1v) is 7.77. The molecule has 0 aliphatic carbocycles. The van der Waals surface area contributed by atoms with Gasteiger partial charge in [0.2, 0.25) is 6.79 Å². The Bertz CT molecular complexity index is 1050. The lowest BCUT2D eigenvalue weighted by molar-refractivity contribution is -0.643. The molecule has 0 amide bonds. The van der Waals surface area contributed by atoms with Gasteiger partial charge in [-0.3, -0.25) is 0 Å². The molecule has 1 N–H and O–H groups in total. The van der Waals surface area contributed by atoms with Crippen LogP contribution in [0, 0.1) is 0 Å². The number of imidazole rings is 2. The molecule has 0 saturated carbocycles. The van der Waals surface area contributed by atoms with Gasteiger partial charge < -0.3 is 21.9 Å². The molecule has 3 heterocycles. The van der Waals surface area contributed by atoms with E-state index in [2.05, 4.69) is 57.4 Å². The Hall–Kier alpha value is -2.66. The first-order valence-electron chi connectivity index (χ1n) is 7.77. The first kappa shape index (κ1) is 14.9. The van der Waals surface area contributed by atoms with Crippen LogP contribution in [-0.2, 0) is 6.54 Å². The molecule has 0 radical (unpaired) electrons. The molecular formula is C18H16ClN3O2. The maximum atomic E-state index is 5.48. The molecule has 5 rings (SSSR count). The fourth-order valence-electron chi connectivity index (χ4n) is 3.33. The number of nitrogens with one attached hydrogen (secondary N) is 1. The maximum absolute atomic E-state index is 5.48. The van der Waals surface area contributed by atoms with Gasteiger partial charge in [0.15, 0.2) is 11.5 Å². The third kappa shape index (κ3) is 1.98. The van der Waals surface area contributed by atoms with Crippen LogP contribution in [-0.4, -0.2) is 16.2 Å². The highest BCUT2D eigenvalue weighted by molar-refractivity contribution is 5.77. The molecule has 0 atom stereocenters. The summed E-state index contributed by atoms with van der Waals surface area (Å²) in [6, 6.07) is 14.5. The zero-order chi connectivity index (χ0) is 15.4. The molecular weight excluding hydrogens is 326 g/mol. The molecule has 6 heteroatoms. The van der Waals surface area contributed by atoms with Gasteiger partial charge in [0.1, 0.15) is 22.9 Å². The molecule has 0 spiro atoms. The number of halogens is 1. The van der Waals surface area contributed by atoms with Gasteiger partial charge in [0, 0.05) is 5.56 Å². The summed E-state index contributed by atoms with van der Waals surface area (Å²) < 4.78 is 15.4. The number of aromatic nitrogens is 3. The number of nitrogens with zero attached hydrogens (tertiary/aromatic N) is 2. The summed E-state index contributed by atoms with van der Waals surface area (Å²) in [6.07, 6.45) is 2.14. The van der Waals surface area contributed by atoms with Gasteiger partial charge in [0.05, 0.1) is 6.54 Å². The van der Waals surface area contributed by atoms with E-state index in [0.717, 1.165) is 35.1 Å². The Morgan fingerprint density at radius 2 is 1.96 bits per heavy atom. The van der Waals surface area contributed by atoms with E-state index >= 15 is 0 Å². The van der Waals surface area contributed by atoms with Gasteiger partial charge in [-0.25, -0.2) is 9.55 Å². The lowest BCUT2D eigenvalue weighted by atomic mass is 10.1. The summed E-state index contributed by atoms with van der Waals surface area (Å²) in [5.74, 6) is 2.69. The van der Waals surface area contributed by atoms with Crippen LogP contribution in [0.1, 0.15) is 6.92 Å². The van der Waals surface area contributed by atoms with Gasteiger partial charge in [-0.1, -0.05) is 12.1 Å². The quantitative estimate of drug-likeness (QED) is 0.527. The van der Waals surface area contributed by atoms with E-state index in [1.807, 2.05) is 12.1 Å². The molecule has 4 aromatic rings. The van der Waals surface area contributed by atoms with Gasteiger partial charge in [-0.15, -0.1) is 0 Å². The minimum absolute atomic E-state index is 0. The average molecular weight is 342 g/mol. The van der Waals surface area contributed by atoms with Crippen LogP contribution in [0.3, 0.4) is 0 Å². The van der Waals surface area contributed by atoms with Gasteiger partial charge in [-0.05, 0) is 37.3 Å². The number of H-pyrrole nitrogens is 1. The fraction of sp³-hybridized carbons (Fsp3) is 0.167. The van der Waals surface area contributed by atoms with Crippen LogP contribution in [0.25, 0.3) is 28.1 Å². The van der Waals surface area contributed by atoms with Gasteiger partial charge in [0.25, 0.3) is 0 Å². The topological polar surface area (TPSA) is 42.5 Å². The van der Waals surface area contributed by atoms with Crippen molar-refractivity contribution in [2.24, 2.45) is 0 Å². The molecule has 0 unspecified atom stereocenters. The summed E-state index contributed by atoms with van der Waals surface area (Å²) in [5.41, 5.74) is 4.59. The Labute approximate surface area is 144 Å². The SMILES string of the molecule is CC[n+]1c2ccccc2n2cc(-c3ccc4c(c3)OCO4)[nH]c21.[Cl-]. The zero-order valence-corrected chi connectivity index (χ0v) is 13.9. The highest BCUT2D eigenvalue weighted by Crippen LogP contribution is 2.35. The van der Waals surface area contributed by atoms with E-state index in [4.69, 9.17) is 9.47 Å². The predicted octanol–water partition coefficient (Wildman–Crippen LogP) is 0.128. The monoisotopic (exact) mass is 341 g/mol. The molecule has 122 valence electrons. The molecule has 2 aromatic heterocycles. The minimum atomic E-state index is 0. The smallest absolute Gasteiger partial charge is 0.368 e. The number of rotatable bonds is 2. The molecule has 24 heavy (non-hydrogen) atoms. The first-order chi connectivity index (χ1) is 11.3. The number of hydrogen-bond donors (Lipinski definition) is 1. The van der Waals surface area contributed by atoms with Crippen molar-refractivity contribution < 1.29 is 26.4 Å². The fourth-order valence-corrected chi connectivity index (χ4v) is 3.33. The van der Waals surface area contributed by atoms with E-state index < -0.39 is 0 Å². The molecule has 0 bridgehead atoms. The average Bonchev–Trinajstić information content (AvgIpc) is 3.27. The van der Waals surface area contributed by atoms with E-state index in [-0.39, 0.29) is 12.4 Å². The van der Waals surface area contributed by atoms with Crippen LogP contribution in [0.5, 0.6) is 11.5 Å². The van der Waals surface area contributed by atoms with Crippen molar-refractivity contribution >= 4 is 16.8 Å². The lowest BCUT2D eigenvalue weighted by Gasteiger charge is -1.98. The van der Waals surface area contributed by atoms with E-state index in [1.165, 1.54) is 11.0 Å². The van der Waals surface area contributed by atoms with Crippen molar-refractivity contribution in [2.75, 3.05) is 6.79 Å². The Balaban J connectivity index is 0.00000146. The van der Waals surface area contributed by atoms with Gasteiger partial charge in [-0.2, -0.15) is 4.40 Å². The largest absolute Gasteiger partial charge is 1.00 e. The third-order valence-corrected chi connectivity index (χ3v) is 4.42. The molecule has 0 saturated heterocycles. The van der Waals surface area contributed by atoms with Crippen molar-refractivity contribution in [1.29, 1.82) is 0 Å². The van der Waals surface area contributed by atoms with Crippen molar-refractivity contribution in [1.82, 2.24) is 9.38 Å². The molecule has 0 fully saturated rings. The van der Waals surface area contributed by atoms with Crippen molar-refractivity contribution in [2.45, 2.75) is 13.5 Å². The lowest BCUT2D eigenvalue weighted by Crippen LogP contribution is -3.00. The second-order valence-electron chi connectivity index (χ2n) is 5.66. The van der Waals surface area contributed by atoms with E-state index in [9.17, 15) is 0 Å². The highest BCUT2D eigenvalue weighted by Gasteiger charge is 2.21. The van der Waals surface area contributed by atoms with Crippen molar-refractivity contribution in [3.63, 3.8) is 0 Å². The zero-order valence-electron chi connectivity index (χ0n) is 13.1. The number of ether oxygens (including phenoxy) is 2. The second-order valence-corrected chi connectivity index (χ2v) is 5.66. The van der Waals surface area contributed by atoms with Crippen LogP contribution < -0.4 is 26.4 Å². The second kappa shape index (κ2) is 5.46. The standard InChI is InChI=1S/C18H15N3O2.ClH/c1-2-20-14-5-3-4-6-15(14)21-10-13(19-18(20)21)12-7-8-16-17(9-12)23-11-22-16;/h3-10H,2,11H2,1H3;1H. The van der Waals surface area contributed by atoms with Crippen molar-refractivity contribution in [3.05, 3.63) is 48.7 Å². The highest BCUT2D eigenvalue weighted by atomic mass is 35.5. The predicted molar refractivity (Wildman–Crippen MR) is 86.7 cm³/mol. The summed E-state index contributed by atoms with van der Waals surface area (Å²) in [5, 5.41) is 0. The number of fused-ring (bicyclic) bond motifs is 4. The van der Waals surface area contributed by atoms with Crippen LogP contribution in [0.4, 0.5) is 0 Å². The van der Waals surface area contributed by atoms with E-state index in [1.54, 1.807) is 0 Å². The Morgan fingerprint density at radius 3 is 2.83 bits per heavy atom. The summed E-state index contributed by atoms with van der Waals surface area (Å²) in [4.78, 5) is 3.54. The maximum Gasteiger partial charge on any atom is 0.368 e. The van der Waals surface area contributed by atoms with E-state index in [0.29, 0.717) is 6.79 Å². The summed E-state index contributed by atoms with van der Waals surface area (Å²) in [6.45, 7) is 3.37. The minimum Gasteiger partial charge on any atom is -1.00 e. The molecule has 2 aromatic carbocycles.